The molecule has 0 aromatic carbocycles. The third-order valence-electron chi connectivity index (χ3n) is 7.81. The Labute approximate surface area is 315 Å². The van der Waals surface area contributed by atoms with Crippen molar-refractivity contribution >= 4 is 50.1 Å². The van der Waals surface area contributed by atoms with Crippen molar-refractivity contribution < 1.29 is 74.8 Å². The Morgan fingerprint density at radius 3 is 1.98 bits per heavy atom. The van der Waals surface area contributed by atoms with Crippen LogP contribution < -0.4 is 5.73 Å². The van der Waals surface area contributed by atoms with Gasteiger partial charge in [0.15, 0.2) is 29.6 Å². The van der Waals surface area contributed by atoms with Gasteiger partial charge in [0, 0.05) is 32.1 Å². The molecular formula is C32H41N5O16P2. The van der Waals surface area contributed by atoms with Gasteiger partial charge in [0.05, 0.1) is 32.8 Å². The summed E-state index contributed by atoms with van der Waals surface area (Å²) in [6.07, 6.45) is -3.53. The maximum Gasteiger partial charge on any atom is 0.406 e. The summed E-state index contributed by atoms with van der Waals surface area (Å²) in [6, 6.07) is 0. The molecule has 0 radical (unpaired) electrons. The van der Waals surface area contributed by atoms with Crippen molar-refractivity contribution in [1.82, 2.24) is 19.5 Å². The van der Waals surface area contributed by atoms with Gasteiger partial charge in [-0.15, -0.1) is 13.2 Å². The van der Waals surface area contributed by atoms with Gasteiger partial charge in [0.2, 0.25) is 12.4 Å². The normalized spacial score (nSPS) is 28.9. The number of carbonyl (C=O) groups is 3. The molecule has 3 saturated heterocycles. The Balaban J connectivity index is 1.36. The highest BCUT2D eigenvalue weighted by atomic mass is 31.2. The van der Waals surface area contributed by atoms with Crippen LogP contribution in [0.5, 0.6) is 0 Å². The van der Waals surface area contributed by atoms with E-state index in [-0.39, 0.29) is 19.0 Å². The molecule has 5 rings (SSSR count). The molecule has 0 aliphatic carbocycles. The van der Waals surface area contributed by atoms with E-state index in [1.807, 2.05) is 0 Å². The summed E-state index contributed by atoms with van der Waals surface area (Å²) in [5, 5.41) is 0. The number of nitrogens with zero attached hydrogens (tertiary/aromatic N) is 4. The smallest absolute Gasteiger partial charge is 0.406 e. The van der Waals surface area contributed by atoms with E-state index in [0.717, 1.165) is 20.8 Å². The lowest BCUT2D eigenvalue weighted by molar-refractivity contribution is -0.199. The highest BCUT2D eigenvalue weighted by Gasteiger charge is 2.57. The summed E-state index contributed by atoms with van der Waals surface area (Å²) in [4.78, 5) is 48.1. The second-order valence-electron chi connectivity index (χ2n) is 12.5. The largest absolute Gasteiger partial charge is 0.455 e. The van der Waals surface area contributed by atoms with Crippen molar-refractivity contribution in [2.24, 2.45) is 0 Å². The Morgan fingerprint density at radius 1 is 0.836 bits per heavy atom. The molecule has 21 nitrogen and oxygen atoms in total. The van der Waals surface area contributed by atoms with Crippen LogP contribution >= 0.6 is 15.2 Å². The van der Waals surface area contributed by atoms with Gasteiger partial charge in [-0.25, -0.2) is 24.1 Å². The molecule has 2 aromatic rings. The first-order chi connectivity index (χ1) is 26.0. The molecule has 10 atom stereocenters. The zero-order valence-electron chi connectivity index (χ0n) is 30.5. The zero-order valence-corrected chi connectivity index (χ0v) is 32.3. The lowest BCUT2D eigenvalue weighted by Gasteiger charge is -2.25. The molecule has 0 spiro atoms. The molecule has 0 amide bonds. The second kappa shape index (κ2) is 17.4. The monoisotopic (exact) mass is 813 g/mol. The topological polar surface area (TPSA) is 256 Å². The highest BCUT2D eigenvalue weighted by Crippen LogP contribution is 2.54. The minimum Gasteiger partial charge on any atom is -0.455 e. The molecule has 2 N–H and O–H groups in total. The highest BCUT2D eigenvalue weighted by molar-refractivity contribution is 7.63. The van der Waals surface area contributed by atoms with E-state index in [1.165, 1.54) is 24.8 Å². The first-order valence-corrected chi connectivity index (χ1v) is 19.7. The third-order valence-corrected chi connectivity index (χ3v) is 10.7. The number of anilines is 1. The van der Waals surface area contributed by atoms with Gasteiger partial charge in [-0.1, -0.05) is 12.2 Å². The minimum absolute atomic E-state index is 0.164. The van der Waals surface area contributed by atoms with Crippen molar-refractivity contribution in [3.8, 4) is 11.3 Å². The Bertz CT molecular complexity index is 1950. The van der Waals surface area contributed by atoms with Gasteiger partial charge < -0.3 is 38.9 Å². The van der Waals surface area contributed by atoms with E-state index in [2.05, 4.69) is 39.4 Å². The molecule has 23 heteroatoms. The molecule has 3 aliphatic heterocycles. The molecule has 0 saturated carbocycles. The molecule has 3 fully saturated rings. The SMILES string of the molecule is C=CCOP(=O)(C#CP(=O)(OCC=C)OC[C@H]1OC(n2cnc3c(N)ncnc32)[C@@H]2OC(C)(C)O[C@H]12)OC[C@H]1OC(OC(C)=O)[C@H](OC(C)=O)[C@@H]1OC(C)=O. The van der Waals surface area contributed by atoms with Gasteiger partial charge in [0.25, 0.3) is 0 Å². The summed E-state index contributed by atoms with van der Waals surface area (Å²) in [5.74, 6) is -3.28. The van der Waals surface area contributed by atoms with Crippen molar-refractivity contribution in [3.63, 3.8) is 0 Å². The van der Waals surface area contributed by atoms with Crippen molar-refractivity contribution in [1.29, 1.82) is 0 Å². The average molecular weight is 814 g/mol. The fourth-order valence-corrected chi connectivity index (χ4v) is 8.46. The van der Waals surface area contributed by atoms with Crippen LogP contribution in [0.15, 0.2) is 38.0 Å². The van der Waals surface area contributed by atoms with Crippen molar-refractivity contribution in [3.05, 3.63) is 38.0 Å². The Morgan fingerprint density at radius 2 is 1.40 bits per heavy atom. The van der Waals surface area contributed by atoms with Crippen LogP contribution in [0.25, 0.3) is 11.2 Å². The number of fused-ring (bicyclic) bond motifs is 2. The van der Waals surface area contributed by atoms with E-state index in [4.69, 9.17) is 57.0 Å². The molecule has 4 unspecified atom stereocenters. The molecule has 2 aromatic heterocycles. The number of ether oxygens (including phenoxy) is 7. The van der Waals surface area contributed by atoms with Crippen LogP contribution in [0.3, 0.4) is 0 Å². The molecular weight excluding hydrogens is 772 g/mol. The number of imidazole rings is 1. The van der Waals surface area contributed by atoms with E-state index in [1.54, 1.807) is 18.4 Å². The first-order valence-electron chi connectivity index (χ1n) is 16.6. The minimum atomic E-state index is -4.56. The summed E-state index contributed by atoms with van der Waals surface area (Å²) in [7, 11) is -9.04. The molecule has 3 aliphatic rings. The molecule has 300 valence electrons. The quantitative estimate of drug-likeness (QED) is 0.0840. The second-order valence-corrected chi connectivity index (χ2v) is 16.0. The van der Waals surface area contributed by atoms with Crippen molar-refractivity contribution in [2.75, 3.05) is 32.2 Å². The number of nitrogens with two attached hydrogens (primary N) is 1. The van der Waals surface area contributed by atoms with Gasteiger partial charge >= 0.3 is 33.1 Å². The first kappa shape index (κ1) is 42.1. The maximum absolute atomic E-state index is 14.0. The van der Waals surface area contributed by atoms with E-state index in [9.17, 15) is 23.5 Å². The average Bonchev–Trinajstić information content (AvgIpc) is 3.85. The number of aromatic nitrogens is 4. The number of nitrogen functional groups attached to an aromatic ring is 1. The summed E-state index contributed by atoms with van der Waals surface area (Å²) in [5.41, 5.74) is 11.2. The maximum atomic E-state index is 14.0. The Kier molecular flexibility index (Phi) is 13.3. The van der Waals surface area contributed by atoms with Crippen LogP contribution in [0.2, 0.25) is 0 Å². The van der Waals surface area contributed by atoms with Gasteiger partial charge in [-0.05, 0) is 13.8 Å². The van der Waals surface area contributed by atoms with Crippen LogP contribution in [-0.2, 0) is 74.8 Å². The van der Waals surface area contributed by atoms with Crippen LogP contribution in [0.1, 0.15) is 40.8 Å². The number of rotatable bonds is 16. The lowest BCUT2D eigenvalue weighted by Crippen LogP contribution is -2.41. The number of esters is 3. The van der Waals surface area contributed by atoms with Gasteiger partial charge in [-0.2, -0.15) is 0 Å². The summed E-state index contributed by atoms with van der Waals surface area (Å²) < 4.78 is 91.6. The number of hydrogen-bond acceptors (Lipinski definition) is 20. The van der Waals surface area contributed by atoms with E-state index < -0.39 is 101 Å². The number of carbonyl (C=O) groups excluding carboxylic acids is 3. The lowest BCUT2D eigenvalue weighted by atomic mass is 10.1. The predicted octanol–water partition coefficient (Wildman–Crippen LogP) is 2.72. The van der Waals surface area contributed by atoms with E-state index in [0.29, 0.717) is 11.2 Å². The molecule has 55 heavy (non-hydrogen) atoms. The van der Waals surface area contributed by atoms with Crippen molar-refractivity contribution in [2.45, 2.75) is 89.5 Å². The molecule has 5 heterocycles. The van der Waals surface area contributed by atoms with E-state index >= 15 is 0 Å². The van der Waals surface area contributed by atoms with Crippen LogP contribution in [0.4, 0.5) is 5.82 Å². The van der Waals surface area contributed by atoms with Gasteiger partial charge in [-0.3, -0.25) is 37.0 Å². The standard InChI is InChI=1S/C32H41N5O16P2/c1-8-10-43-54(41,45-14-21-24(47-18(3)38)27(48-19(4)39)31(51-21)49-20(5)40)12-13-55(42,44-11-9-2)46-15-22-25-26(53-32(6,7)52-25)30(50-22)37-17-36-23-28(33)34-16-35-29(23)37/h8-9,16-17,21-22,24-27,30-31H,1-2,10-11,14-15H2,3-7H3,(H2,33,34,35)/t21-,22-,24-,25-,26-,27-,30?,31?,54?,55?/m1/s1. The zero-order chi connectivity index (χ0) is 40.1. The Hall–Kier alpha value is -4.06. The predicted molar refractivity (Wildman–Crippen MR) is 186 cm³/mol. The van der Waals surface area contributed by atoms with Gasteiger partial charge in [0.1, 0.15) is 36.3 Å². The van der Waals surface area contributed by atoms with Crippen LogP contribution in [0, 0.1) is 11.3 Å². The summed E-state index contributed by atoms with van der Waals surface area (Å²) >= 11 is 0. The fraction of sp³-hybridized carbons (Fsp3) is 0.562. The summed E-state index contributed by atoms with van der Waals surface area (Å²) in [6.45, 7) is 12.0. The van der Waals surface area contributed by atoms with Crippen LogP contribution in [-0.4, -0.2) is 113 Å². The number of hydrogen-bond donors (Lipinski definition) is 1. The molecule has 0 bridgehead atoms. The fourth-order valence-electron chi connectivity index (χ4n) is 5.78. The third kappa shape index (κ3) is 10.2.